The molecule has 0 spiro atoms. The van der Waals surface area contributed by atoms with Crippen molar-refractivity contribution in [3.8, 4) is 11.5 Å². The number of rotatable bonds is 4. The second-order valence-corrected chi connectivity index (χ2v) is 7.14. The molecule has 0 saturated carbocycles. The third-order valence-corrected chi connectivity index (χ3v) is 5.03. The van der Waals surface area contributed by atoms with Crippen LogP contribution in [0.1, 0.15) is 38.2 Å². The van der Waals surface area contributed by atoms with Crippen LogP contribution in [0.25, 0.3) is 6.08 Å². The van der Waals surface area contributed by atoms with Gasteiger partial charge >= 0.3 is 0 Å². The number of benzene rings is 3. The van der Waals surface area contributed by atoms with E-state index in [4.69, 9.17) is 9.47 Å². The maximum atomic E-state index is 12.8. The quantitative estimate of drug-likeness (QED) is 0.544. The molecule has 0 radical (unpaired) electrons. The molecule has 3 nitrogen and oxygen atoms in total. The van der Waals surface area contributed by atoms with E-state index in [0.717, 1.165) is 28.0 Å². The minimum atomic E-state index is -0.0913. The minimum absolute atomic E-state index is 0.0913. The molecule has 3 aromatic carbocycles. The van der Waals surface area contributed by atoms with Crippen LogP contribution < -0.4 is 9.47 Å². The molecule has 3 heteroatoms. The maximum Gasteiger partial charge on any atom is 0.231 e. The van der Waals surface area contributed by atoms with Crippen LogP contribution >= 0.6 is 0 Å². The van der Waals surface area contributed by atoms with Gasteiger partial charge in [-0.05, 0) is 55.7 Å². The fraction of sp³-hybridized carbons (Fsp3) is 0.160. The molecule has 1 aliphatic rings. The van der Waals surface area contributed by atoms with Gasteiger partial charge in [0, 0.05) is 5.56 Å². The van der Waals surface area contributed by atoms with Crippen LogP contribution in [0.2, 0.25) is 0 Å². The highest BCUT2D eigenvalue weighted by Gasteiger charge is 2.30. The molecule has 1 heterocycles. The van der Waals surface area contributed by atoms with Crippen molar-refractivity contribution in [3.63, 3.8) is 0 Å². The van der Waals surface area contributed by atoms with Gasteiger partial charge in [0.05, 0.1) is 5.56 Å². The van der Waals surface area contributed by atoms with E-state index in [1.165, 1.54) is 5.56 Å². The molecular formula is C25H22O3. The van der Waals surface area contributed by atoms with Crippen LogP contribution in [0, 0.1) is 20.8 Å². The lowest BCUT2D eigenvalue weighted by Gasteiger charge is -2.11. The van der Waals surface area contributed by atoms with Gasteiger partial charge in [-0.2, -0.15) is 0 Å². The number of hydrogen-bond donors (Lipinski definition) is 0. The van der Waals surface area contributed by atoms with Gasteiger partial charge in [0.2, 0.25) is 5.78 Å². The first-order chi connectivity index (χ1) is 13.5. The minimum Gasteiger partial charge on any atom is -0.488 e. The summed E-state index contributed by atoms with van der Waals surface area (Å²) in [5.74, 6) is 1.57. The number of fused-ring (bicyclic) bond motifs is 1. The number of aryl methyl sites for hydroxylation is 2. The average molecular weight is 370 g/mol. The summed E-state index contributed by atoms with van der Waals surface area (Å²) in [6.45, 7) is 6.47. The lowest BCUT2D eigenvalue weighted by atomic mass is 10.0. The zero-order chi connectivity index (χ0) is 19.7. The third-order valence-electron chi connectivity index (χ3n) is 5.03. The lowest BCUT2D eigenvalue weighted by Crippen LogP contribution is -1.98. The molecular weight excluding hydrogens is 348 g/mol. The second-order valence-electron chi connectivity index (χ2n) is 7.14. The number of carbonyl (C=O) groups excluding carboxylic acids is 1. The van der Waals surface area contributed by atoms with Gasteiger partial charge < -0.3 is 9.47 Å². The summed E-state index contributed by atoms with van der Waals surface area (Å²) in [5.41, 5.74) is 5.82. The average Bonchev–Trinajstić information content (AvgIpc) is 3.01. The molecule has 1 aliphatic heterocycles. The summed E-state index contributed by atoms with van der Waals surface area (Å²) in [5, 5.41) is 0. The SMILES string of the molecule is Cc1ccc(COc2ccc3c(c2C)O/C(=C\c2ccccc2C)C3=O)cc1. The van der Waals surface area contributed by atoms with Gasteiger partial charge in [-0.1, -0.05) is 54.1 Å². The van der Waals surface area contributed by atoms with Crippen molar-refractivity contribution in [2.24, 2.45) is 0 Å². The Morgan fingerprint density at radius 2 is 1.68 bits per heavy atom. The van der Waals surface area contributed by atoms with E-state index in [9.17, 15) is 4.79 Å². The first kappa shape index (κ1) is 18.1. The lowest BCUT2D eigenvalue weighted by molar-refractivity contribution is 0.101. The molecule has 0 saturated heterocycles. The largest absolute Gasteiger partial charge is 0.488 e. The molecule has 0 atom stereocenters. The van der Waals surface area contributed by atoms with Crippen LogP contribution in [0.3, 0.4) is 0 Å². The zero-order valence-electron chi connectivity index (χ0n) is 16.3. The van der Waals surface area contributed by atoms with Gasteiger partial charge in [-0.3, -0.25) is 4.79 Å². The van der Waals surface area contributed by atoms with Crippen molar-refractivity contribution in [2.75, 3.05) is 0 Å². The number of allylic oxidation sites excluding steroid dienone is 1. The molecule has 28 heavy (non-hydrogen) atoms. The van der Waals surface area contributed by atoms with Gasteiger partial charge in [-0.25, -0.2) is 0 Å². The summed E-state index contributed by atoms with van der Waals surface area (Å²) in [4.78, 5) is 12.8. The number of Topliss-reactive ketones (excluding diaryl/α,β-unsaturated/α-hetero) is 1. The van der Waals surface area contributed by atoms with Gasteiger partial charge in [0.25, 0.3) is 0 Å². The van der Waals surface area contributed by atoms with E-state index in [-0.39, 0.29) is 5.78 Å². The van der Waals surface area contributed by atoms with E-state index >= 15 is 0 Å². The summed E-state index contributed by atoms with van der Waals surface area (Å²) >= 11 is 0. The highest BCUT2D eigenvalue weighted by molar-refractivity contribution is 6.15. The zero-order valence-corrected chi connectivity index (χ0v) is 16.3. The fourth-order valence-corrected chi connectivity index (χ4v) is 3.26. The van der Waals surface area contributed by atoms with Gasteiger partial charge in [-0.15, -0.1) is 0 Å². The van der Waals surface area contributed by atoms with E-state index in [0.29, 0.717) is 23.7 Å². The topological polar surface area (TPSA) is 35.5 Å². The standard InChI is InChI=1S/C25H22O3/c1-16-8-10-19(11-9-16)15-27-22-13-12-21-24(26)23(28-25(21)18(22)3)14-20-7-5-4-6-17(20)2/h4-14H,15H2,1-3H3/b23-14-. The van der Waals surface area contributed by atoms with Crippen molar-refractivity contribution >= 4 is 11.9 Å². The maximum absolute atomic E-state index is 12.8. The molecule has 0 aliphatic carbocycles. The summed E-state index contributed by atoms with van der Waals surface area (Å²) < 4.78 is 11.9. The monoisotopic (exact) mass is 370 g/mol. The second kappa shape index (κ2) is 7.35. The van der Waals surface area contributed by atoms with Gasteiger partial charge in [0.15, 0.2) is 5.76 Å². The van der Waals surface area contributed by atoms with Crippen LogP contribution in [-0.4, -0.2) is 5.78 Å². The van der Waals surface area contributed by atoms with E-state index in [1.807, 2.05) is 50.3 Å². The Morgan fingerprint density at radius 3 is 2.43 bits per heavy atom. The van der Waals surface area contributed by atoms with Crippen molar-refractivity contribution < 1.29 is 14.3 Å². The third kappa shape index (κ3) is 3.44. The van der Waals surface area contributed by atoms with Crippen LogP contribution in [0.4, 0.5) is 0 Å². The Morgan fingerprint density at radius 1 is 0.929 bits per heavy atom. The Hall–Kier alpha value is -3.33. The molecule has 0 N–H and O–H groups in total. The number of ketones is 1. The molecule has 0 amide bonds. The Bertz CT molecular complexity index is 1080. The Labute approximate surface area is 165 Å². The first-order valence-corrected chi connectivity index (χ1v) is 9.35. The number of carbonyl (C=O) groups is 1. The first-order valence-electron chi connectivity index (χ1n) is 9.35. The smallest absolute Gasteiger partial charge is 0.231 e. The van der Waals surface area contributed by atoms with Crippen LogP contribution in [-0.2, 0) is 6.61 Å². The van der Waals surface area contributed by atoms with Crippen molar-refractivity contribution in [1.29, 1.82) is 0 Å². The predicted molar refractivity (Wildman–Crippen MR) is 111 cm³/mol. The molecule has 0 fully saturated rings. The van der Waals surface area contributed by atoms with Crippen molar-refractivity contribution in [2.45, 2.75) is 27.4 Å². The Kier molecular flexibility index (Phi) is 4.74. The van der Waals surface area contributed by atoms with E-state index < -0.39 is 0 Å². The van der Waals surface area contributed by atoms with Crippen LogP contribution in [0.5, 0.6) is 11.5 Å². The summed E-state index contributed by atoms with van der Waals surface area (Å²) in [7, 11) is 0. The summed E-state index contributed by atoms with van der Waals surface area (Å²) in [6.07, 6.45) is 1.81. The molecule has 0 aromatic heterocycles. The van der Waals surface area contributed by atoms with Gasteiger partial charge in [0.1, 0.15) is 18.1 Å². The predicted octanol–water partition coefficient (Wildman–Crippen LogP) is 5.81. The molecule has 4 rings (SSSR count). The molecule has 0 unspecified atom stereocenters. The highest BCUT2D eigenvalue weighted by Crippen LogP contribution is 2.39. The normalized spacial score (nSPS) is 14.1. The number of ether oxygens (including phenoxy) is 2. The van der Waals surface area contributed by atoms with Crippen LogP contribution in [0.15, 0.2) is 66.4 Å². The van der Waals surface area contributed by atoms with E-state index in [2.05, 4.69) is 31.2 Å². The highest BCUT2D eigenvalue weighted by atomic mass is 16.5. The molecule has 3 aromatic rings. The summed E-state index contributed by atoms with van der Waals surface area (Å²) in [6, 6.07) is 19.8. The fourth-order valence-electron chi connectivity index (χ4n) is 3.26. The van der Waals surface area contributed by atoms with E-state index in [1.54, 1.807) is 6.07 Å². The molecule has 140 valence electrons. The Balaban J connectivity index is 1.58. The number of hydrogen-bond acceptors (Lipinski definition) is 3. The van der Waals surface area contributed by atoms with Crippen molar-refractivity contribution in [1.82, 2.24) is 0 Å². The van der Waals surface area contributed by atoms with Crippen molar-refractivity contribution in [3.05, 3.63) is 99.8 Å². The molecule has 0 bridgehead atoms.